The second kappa shape index (κ2) is 9.94. The van der Waals surface area contributed by atoms with E-state index in [4.69, 9.17) is 9.47 Å². The Balaban J connectivity index is 1.48. The zero-order valence-corrected chi connectivity index (χ0v) is 20.0. The molecule has 3 atom stereocenters. The Bertz CT molecular complexity index is 1230. The number of amides is 1. The number of carbonyl (C=O) groups is 1. The molecule has 190 valence electrons. The maximum Gasteiger partial charge on any atom is 0.301 e. The summed E-state index contributed by atoms with van der Waals surface area (Å²) in [6.07, 6.45) is -1.63. The molecule has 3 N–H and O–H groups in total. The highest BCUT2D eigenvalue weighted by Crippen LogP contribution is 2.34. The van der Waals surface area contributed by atoms with E-state index < -0.39 is 30.6 Å². The van der Waals surface area contributed by atoms with Crippen LogP contribution in [-0.4, -0.2) is 70.4 Å². The largest absolute Gasteiger partial charge is 0.483 e. The van der Waals surface area contributed by atoms with Crippen molar-refractivity contribution in [2.75, 3.05) is 25.5 Å². The first kappa shape index (κ1) is 25.1. The molecule has 2 aliphatic rings. The third-order valence-corrected chi connectivity index (χ3v) is 6.07. The molecule has 0 bridgehead atoms. The fourth-order valence-electron chi connectivity index (χ4n) is 4.04. The average Bonchev–Trinajstić information content (AvgIpc) is 2.86. The third kappa shape index (κ3) is 5.01. The van der Waals surface area contributed by atoms with Crippen LogP contribution in [0.3, 0.4) is 0 Å². The molecule has 0 saturated carbocycles. The summed E-state index contributed by atoms with van der Waals surface area (Å²) in [5.74, 6) is -3.06. The van der Waals surface area contributed by atoms with Gasteiger partial charge in [-0.15, -0.1) is 0 Å². The number of hydrogen-bond donors (Lipinski definition) is 3. The van der Waals surface area contributed by atoms with E-state index in [2.05, 4.69) is 20.6 Å². The normalized spacial score (nSPS) is 21.5. The predicted octanol–water partition coefficient (Wildman–Crippen LogP) is 2.23. The van der Waals surface area contributed by atoms with Crippen molar-refractivity contribution in [3.05, 3.63) is 47.5 Å². The molecule has 0 spiro atoms. The van der Waals surface area contributed by atoms with Crippen molar-refractivity contribution in [2.24, 2.45) is 0 Å². The lowest BCUT2D eigenvalue weighted by Crippen LogP contribution is -2.56. The molecule has 1 amide bonds. The van der Waals surface area contributed by atoms with Gasteiger partial charge in [0.15, 0.2) is 12.0 Å². The number of nitrogens with zero attached hydrogens (tertiary/aromatic N) is 4. The Morgan fingerprint density at radius 1 is 1.42 bits per heavy atom. The summed E-state index contributed by atoms with van der Waals surface area (Å²) in [4.78, 5) is 21.5. The number of aliphatic hydroxyl groups excluding tert-OH is 1. The number of nitrogens with one attached hydrogen (secondary N) is 2. The Morgan fingerprint density at radius 2 is 2.19 bits per heavy atom. The van der Waals surface area contributed by atoms with Crippen molar-refractivity contribution in [3.63, 3.8) is 0 Å². The molecule has 36 heavy (non-hydrogen) atoms. The van der Waals surface area contributed by atoms with Crippen LogP contribution in [0.2, 0.25) is 0 Å². The summed E-state index contributed by atoms with van der Waals surface area (Å²) in [5, 5.41) is 25.3. The number of methoxy groups -OCH3 is 1. The van der Waals surface area contributed by atoms with Crippen LogP contribution in [0.5, 0.6) is 5.75 Å². The van der Waals surface area contributed by atoms with E-state index in [1.54, 1.807) is 25.4 Å². The molecular formula is C24H26F2N6O4. The highest BCUT2D eigenvalue weighted by atomic mass is 19.3. The summed E-state index contributed by atoms with van der Waals surface area (Å²) in [6.45, 7) is 2.29. The fraction of sp³-hybridized carbons (Fsp3) is 0.417. The topological polar surface area (TPSA) is 133 Å². The highest BCUT2D eigenvalue weighted by molar-refractivity contribution is 5.80. The summed E-state index contributed by atoms with van der Waals surface area (Å²) in [5.41, 5.74) is 2.15. The number of piperidine rings is 1. The number of carbonyl (C=O) groups excluding carboxylic acids is 1. The molecule has 0 aliphatic carbocycles. The summed E-state index contributed by atoms with van der Waals surface area (Å²) in [6, 6.07) is 8.26. The van der Waals surface area contributed by atoms with E-state index in [1.165, 1.54) is 19.1 Å². The smallest absolute Gasteiger partial charge is 0.301 e. The quantitative estimate of drug-likeness (QED) is 0.523. The fourth-order valence-corrected chi connectivity index (χ4v) is 4.04. The molecule has 3 heterocycles. The zero-order chi connectivity index (χ0) is 26.0. The zero-order valence-electron chi connectivity index (χ0n) is 20.0. The number of aliphatic hydroxyl groups is 1. The van der Waals surface area contributed by atoms with Gasteiger partial charge in [-0.05, 0) is 38.1 Å². The average molecular weight is 501 g/mol. The van der Waals surface area contributed by atoms with Gasteiger partial charge >= 0.3 is 5.92 Å². The number of alkyl halides is 2. The van der Waals surface area contributed by atoms with Gasteiger partial charge in [0.2, 0.25) is 5.95 Å². The minimum atomic E-state index is -3.35. The first-order chi connectivity index (χ1) is 17.1. The molecule has 1 unspecified atom stereocenters. The standard InChI is InChI=1S/C24H26F2N6O4/c1-13-20(30-21(13)35-3)31-23-28-8-6-17(29-23)15-4-5-18(16(10-15)11-27)36-19-7-9-32(12-24(19,25)26)22(34)14(2)33/h4-6,8,10,14,19-20,30,33H,7,9,12H2,1-3H3,(H,28,29,31)/t14-,19?,20-/m1/s1. The van der Waals surface area contributed by atoms with E-state index in [-0.39, 0.29) is 30.4 Å². The molecule has 1 aromatic carbocycles. The van der Waals surface area contributed by atoms with Gasteiger partial charge in [-0.1, -0.05) is 0 Å². The lowest BCUT2D eigenvalue weighted by Gasteiger charge is -2.38. The molecule has 1 aromatic heterocycles. The van der Waals surface area contributed by atoms with Gasteiger partial charge in [0, 0.05) is 30.3 Å². The molecule has 10 nitrogen and oxygen atoms in total. The molecule has 0 radical (unpaired) electrons. The number of benzene rings is 1. The van der Waals surface area contributed by atoms with Gasteiger partial charge < -0.3 is 30.1 Å². The third-order valence-electron chi connectivity index (χ3n) is 6.07. The van der Waals surface area contributed by atoms with E-state index in [0.29, 0.717) is 23.1 Å². The van der Waals surface area contributed by atoms with E-state index in [0.717, 1.165) is 10.5 Å². The Hall–Kier alpha value is -3.98. The van der Waals surface area contributed by atoms with Crippen LogP contribution in [-0.2, 0) is 9.53 Å². The van der Waals surface area contributed by atoms with E-state index >= 15 is 0 Å². The molecule has 1 fully saturated rings. The number of aromatic nitrogens is 2. The van der Waals surface area contributed by atoms with Gasteiger partial charge in [0.25, 0.3) is 5.91 Å². The number of rotatable bonds is 7. The maximum atomic E-state index is 14.7. The number of halogens is 2. The van der Waals surface area contributed by atoms with Crippen molar-refractivity contribution in [3.8, 4) is 23.1 Å². The number of likely N-dealkylation sites (tertiary alicyclic amines) is 1. The van der Waals surface area contributed by atoms with Crippen molar-refractivity contribution < 1.29 is 28.2 Å². The molecule has 4 rings (SSSR count). The second-order valence-corrected chi connectivity index (χ2v) is 8.62. The van der Waals surface area contributed by atoms with Gasteiger partial charge in [0.1, 0.15) is 24.1 Å². The number of hydrogen-bond acceptors (Lipinski definition) is 9. The number of anilines is 1. The first-order valence-electron chi connectivity index (χ1n) is 11.3. The van der Waals surface area contributed by atoms with Gasteiger partial charge in [-0.2, -0.15) is 5.26 Å². The second-order valence-electron chi connectivity index (χ2n) is 8.62. The van der Waals surface area contributed by atoms with E-state index in [9.17, 15) is 23.9 Å². The minimum Gasteiger partial charge on any atom is -0.483 e. The molecule has 12 heteroatoms. The Labute approximate surface area is 206 Å². The van der Waals surface area contributed by atoms with Gasteiger partial charge in [-0.3, -0.25) is 4.79 Å². The van der Waals surface area contributed by atoms with Crippen LogP contribution in [0, 0.1) is 11.3 Å². The Morgan fingerprint density at radius 3 is 2.83 bits per heavy atom. The summed E-state index contributed by atoms with van der Waals surface area (Å²) >= 11 is 0. The maximum absolute atomic E-state index is 14.7. The van der Waals surface area contributed by atoms with Crippen molar-refractivity contribution >= 4 is 11.9 Å². The lowest BCUT2D eigenvalue weighted by atomic mass is 10.0. The minimum absolute atomic E-state index is 0.0110. The predicted molar refractivity (Wildman–Crippen MR) is 125 cm³/mol. The van der Waals surface area contributed by atoms with Crippen LogP contribution >= 0.6 is 0 Å². The molecule has 1 saturated heterocycles. The highest BCUT2D eigenvalue weighted by Gasteiger charge is 2.48. The van der Waals surface area contributed by atoms with Crippen molar-refractivity contribution in [2.45, 2.75) is 44.6 Å². The SMILES string of the molecule is COC1=C(C)[C@@H](Nc2nccc(-c3ccc(OC4CCN(C(=O)[C@@H](C)O)CC4(F)F)c(C#N)c3)n2)N1. The Kier molecular flexibility index (Phi) is 6.94. The van der Waals surface area contributed by atoms with Crippen LogP contribution in [0.1, 0.15) is 25.8 Å². The molecule has 2 aromatic rings. The van der Waals surface area contributed by atoms with Crippen LogP contribution in [0.15, 0.2) is 41.9 Å². The van der Waals surface area contributed by atoms with Crippen LogP contribution < -0.4 is 15.4 Å². The molecular weight excluding hydrogens is 474 g/mol. The van der Waals surface area contributed by atoms with E-state index in [1.807, 2.05) is 13.0 Å². The van der Waals surface area contributed by atoms with Gasteiger partial charge in [0.05, 0.1) is 24.9 Å². The number of ether oxygens (including phenoxy) is 2. The summed E-state index contributed by atoms with van der Waals surface area (Å²) < 4.78 is 40.2. The molecule has 2 aliphatic heterocycles. The van der Waals surface area contributed by atoms with Crippen LogP contribution in [0.4, 0.5) is 14.7 Å². The summed E-state index contributed by atoms with van der Waals surface area (Å²) in [7, 11) is 1.57. The van der Waals surface area contributed by atoms with Gasteiger partial charge in [-0.25, -0.2) is 18.7 Å². The van der Waals surface area contributed by atoms with Crippen molar-refractivity contribution in [1.82, 2.24) is 20.2 Å². The lowest BCUT2D eigenvalue weighted by molar-refractivity contribution is -0.165. The monoisotopic (exact) mass is 500 g/mol. The first-order valence-corrected chi connectivity index (χ1v) is 11.3. The number of nitriles is 1. The van der Waals surface area contributed by atoms with Crippen molar-refractivity contribution in [1.29, 1.82) is 5.26 Å². The van der Waals surface area contributed by atoms with Crippen LogP contribution in [0.25, 0.3) is 11.3 Å².